The van der Waals surface area contributed by atoms with Crippen LogP contribution in [-0.4, -0.2) is 41.8 Å². The predicted molar refractivity (Wildman–Crippen MR) is 79.1 cm³/mol. The van der Waals surface area contributed by atoms with Crippen LogP contribution in [0.15, 0.2) is 30.3 Å². The molecule has 0 saturated heterocycles. The molecular weight excluding hydrogens is 238 g/mol. The standard InChI is InChI=1S/C16H27NO2/c1-5-16(2,3)17(4)11-15(18)13-19-12-14-9-7-6-8-10-14/h6-10,15,18H,5,11-13H2,1-4H3. The van der Waals surface area contributed by atoms with Crippen molar-refractivity contribution < 1.29 is 9.84 Å². The number of aliphatic hydroxyl groups is 1. The summed E-state index contributed by atoms with van der Waals surface area (Å²) in [6.45, 7) is 8.09. The minimum atomic E-state index is -0.445. The van der Waals surface area contributed by atoms with Crippen molar-refractivity contribution >= 4 is 0 Å². The number of nitrogens with zero attached hydrogens (tertiary/aromatic N) is 1. The second-order valence-electron chi connectivity index (χ2n) is 5.70. The lowest BCUT2D eigenvalue weighted by Gasteiger charge is -2.36. The Labute approximate surface area is 117 Å². The highest BCUT2D eigenvalue weighted by Gasteiger charge is 2.22. The van der Waals surface area contributed by atoms with Gasteiger partial charge in [-0.3, -0.25) is 4.90 Å². The van der Waals surface area contributed by atoms with Gasteiger partial charge in [-0.1, -0.05) is 37.3 Å². The minimum Gasteiger partial charge on any atom is -0.389 e. The summed E-state index contributed by atoms with van der Waals surface area (Å²) >= 11 is 0. The van der Waals surface area contributed by atoms with Crippen molar-refractivity contribution in [2.24, 2.45) is 0 Å². The van der Waals surface area contributed by atoms with Gasteiger partial charge in [0.2, 0.25) is 0 Å². The molecule has 0 aliphatic carbocycles. The largest absolute Gasteiger partial charge is 0.389 e. The van der Waals surface area contributed by atoms with Gasteiger partial charge in [-0.25, -0.2) is 0 Å². The molecule has 1 aromatic rings. The third kappa shape index (κ3) is 5.72. The molecule has 0 aromatic heterocycles. The molecule has 3 heteroatoms. The van der Waals surface area contributed by atoms with Crippen LogP contribution in [0.5, 0.6) is 0 Å². The van der Waals surface area contributed by atoms with Crippen molar-refractivity contribution in [3.63, 3.8) is 0 Å². The maximum absolute atomic E-state index is 9.99. The van der Waals surface area contributed by atoms with E-state index >= 15 is 0 Å². The monoisotopic (exact) mass is 265 g/mol. The molecule has 0 fully saturated rings. The Morgan fingerprint density at radius 1 is 1.26 bits per heavy atom. The van der Waals surface area contributed by atoms with E-state index in [0.717, 1.165) is 12.0 Å². The fourth-order valence-corrected chi connectivity index (χ4v) is 1.77. The van der Waals surface area contributed by atoms with Gasteiger partial charge < -0.3 is 9.84 Å². The van der Waals surface area contributed by atoms with Crippen molar-refractivity contribution in [2.75, 3.05) is 20.2 Å². The summed E-state index contributed by atoms with van der Waals surface area (Å²) in [5.41, 5.74) is 1.25. The number of ether oxygens (including phenoxy) is 1. The first kappa shape index (κ1) is 16.2. The van der Waals surface area contributed by atoms with Crippen LogP contribution < -0.4 is 0 Å². The normalized spacial score (nSPS) is 13.8. The number of likely N-dealkylation sites (N-methyl/N-ethyl adjacent to an activating group) is 1. The molecule has 1 atom stereocenters. The average molecular weight is 265 g/mol. The Bertz CT molecular complexity index is 351. The first-order valence-corrected chi connectivity index (χ1v) is 6.96. The van der Waals surface area contributed by atoms with Crippen LogP contribution in [0, 0.1) is 0 Å². The third-order valence-corrected chi connectivity index (χ3v) is 3.80. The van der Waals surface area contributed by atoms with Crippen LogP contribution in [0.3, 0.4) is 0 Å². The van der Waals surface area contributed by atoms with Crippen molar-refractivity contribution in [1.82, 2.24) is 4.90 Å². The average Bonchev–Trinajstić information content (AvgIpc) is 2.39. The fraction of sp³-hybridized carbons (Fsp3) is 0.625. The molecule has 0 spiro atoms. The maximum atomic E-state index is 9.99. The van der Waals surface area contributed by atoms with E-state index in [9.17, 15) is 5.11 Å². The van der Waals surface area contributed by atoms with Crippen molar-refractivity contribution in [2.45, 2.75) is 45.4 Å². The third-order valence-electron chi connectivity index (χ3n) is 3.80. The van der Waals surface area contributed by atoms with Gasteiger partial charge in [-0.05, 0) is 32.9 Å². The molecule has 1 unspecified atom stereocenters. The summed E-state index contributed by atoms with van der Waals surface area (Å²) in [5, 5.41) is 9.99. The highest BCUT2D eigenvalue weighted by Crippen LogP contribution is 2.16. The molecule has 0 aliphatic rings. The Morgan fingerprint density at radius 3 is 2.47 bits per heavy atom. The van der Waals surface area contributed by atoms with Crippen molar-refractivity contribution in [3.05, 3.63) is 35.9 Å². The summed E-state index contributed by atoms with van der Waals surface area (Å²) in [6.07, 6.45) is 0.612. The van der Waals surface area contributed by atoms with E-state index in [1.54, 1.807) is 0 Å². The lowest BCUT2D eigenvalue weighted by Crippen LogP contribution is -2.45. The van der Waals surface area contributed by atoms with E-state index in [-0.39, 0.29) is 5.54 Å². The number of hydrogen-bond donors (Lipinski definition) is 1. The molecule has 1 N–H and O–H groups in total. The summed E-state index contributed by atoms with van der Waals surface area (Å²) < 4.78 is 5.55. The highest BCUT2D eigenvalue weighted by atomic mass is 16.5. The van der Waals surface area contributed by atoms with Gasteiger partial charge in [0.25, 0.3) is 0 Å². The topological polar surface area (TPSA) is 32.7 Å². The predicted octanol–water partition coefficient (Wildman–Crippen LogP) is 2.68. The highest BCUT2D eigenvalue weighted by molar-refractivity contribution is 5.13. The zero-order chi connectivity index (χ0) is 14.3. The fourth-order valence-electron chi connectivity index (χ4n) is 1.77. The lowest BCUT2D eigenvalue weighted by atomic mass is 10.00. The second-order valence-corrected chi connectivity index (χ2v) is 5.70. The van der Waals surface area contributed by atoms with Gasteiger partial charge >= 0.3 is 0 Å². The van der Waals surface area contributed by atoms with E-state index < -0.39 is 6.10 Å². The SMILES string of the molecule is CCC(C)(C)N(C)CC(O)COCc1ccccc1. The maximum Gasteiger partial charge on any atom is 0.0900 e. The Balaban J connectivity index is 2.26. The van der Waals surface area contributed by atoms with Crippen LogP contribution in [-0.2, 0) is 11.3 Å². The summed E-state index contributed by atoms with van der Waals surface area (Å²) in [4.78, 5) is 2.18. The first-order valence-electron chi connectivity index (χ1n) is 6.96. The first-order chi connectivity index (χ1) is 8.95. The lowest BCUT2D eigenvalue weighted by molar-refractivity contribution is -0.00288. The molecule has 0 aliphatic heterocycles. The summed E-state index contributed by atoms with van der Waals surface area (Å²) in [5.74, 6) is 0. The molecule has 0 heterocycles. The molecule has 0 saturated carbocycles. The van der Waals surface area contributed by atoms with E-state index in [2.05, 4.69) is 25.7 Å². The number of hydrogen-bond acceptors (Lipinski definition) is 3. The smallest absolute Gasteiger partial charge is 0.0900 e. The number of benzene rings is 1. The quantitative estimate of drug-likeness (QED) is 0.784. The summed E-state index contributed by atoms with van der Waals surface area (Å²) in [7, 11) is 2.05. The van der Waals surface area contributed by atoms with Crippen molar-refractivity contribution in [3.8, 4) is 0 Å². The molecule has 0 amide bonds. The van der Waals surface area contributed by atoms with Gasteiger partial charge in [-0.2, -0.15) is 0 Å². The van der Waals surface area contributed by atoms with E-state index in [1.807, 2.05) is 37.4 Å². The zero-order valence-electron chi connectivity index (χ0n) is 12.6. The molecular formula is C16H27NO2. The van der Waals surface area contributed by atoms with Gasteiger partial charge in [0.15, 0.2) is 0 Å². The van der Waals surface area contributed by atoms with Crippen LogP contribution in [0.1, 0.15) is 32.8 Å². The molecule has 108 valence electrons. The van der Waals surface area contributed by atoms with Gasteiger partial charge in [0.05, 0.1) is 19.3 Å². The molecule has 1 aromatic carbocycles. The summed E-state index contributed by atoms with van der Waals surface area (Å²) in [6, 6.07) is 10.0. The number of rotatable bonds is 8. The van der Waals surface area contributed by atoms with Gasteiger partial charge in [0.1, 0.15) is 0 Å². The van der Waals surface area contributed by atoms with Crippen LogP contribution in [0.2, 0.25) is 0 Å². The molecule has 0 bridgehead atoms. The minimum absolute atomic E-state index is 0.112. The molecule has 3 nitrogen and oxygen atoms in total. The van der Waals surface area contributed by atoms with E-state index in [1.165, 1.54) is 0 Å². The molecule has 1 rings (SSSR count). The molecule has 19 heavy (non-hydrogen) atoms. The van der Waals surface area contributed by atoms with Gasteiger partial charge in [0, 0.05) is 12.1 Å². The Kier molecular flexibility index (Phi) is 6.49. The van der Waals surface area contributed by atoms with Gasteiger partial charge in [-0.15, -0.1) is 0 Å². The Morgan fingerprint density at radius 2 is 1.89 bits per heavy atom. The van der Waals surface area contributed by atoms with E-state index in [4.69, 9.17) is 4.74 Å². The zero-order valence-corrected chi connectivity index (χ0v) is 12.6. The molecule has 0 radical (unpaired) electrons. The second kappa shape index (κ2) is 7.63. The van der Waals surface area contributed by atoms with Crippen LogP contribution >= 0.6 is 0 Å². The number of β-amino-alcohol motifs (C(OH)–C–C–N with tert-alkyl or cyclic N) is 1. The number of aliphatic hydroxyl groups excluding tert-OH is 1. The van der Waals surface area contributed by atoms with Crippen LogP contribution in [0.25, 0.3) is 0 Å². The van der Waals surface area contributed by atoms with Crippen molar-refractivity contribution in [1.29, 1.82) is 0 Å². The van der Waals surface area contributed by atoms with E-state index in [0.29, 0.717) is 19.8 Å². The Hall–Kier alpha value is -0.900. The van der Waals surface area contributed by atoms with Crippen LogP contribution in [0.4, 0.5) is 0 Å².